The van der Waals surface area contributed by atoms with Gasteiger partial charge in [-0.05, 0) is 49.2 Å². The Balaban J connectivity index is 1.91. The molecule has 2 heterocycles. The summed E-state index contributed by atoms with van der Waals surface area (Å²) in [6.07, 6.45) is 4.24. The molecule has 0 radical (unpaired) electrons. The summed E-state index contributed by atoms with van der Waals surface area (Å²) >= 11 is 0. The Morgan fingerprint density at radius 1 is 1.00 bits per heavy atom. The van der Waals surface area contributed by atoms with Crippen LogP contribution in [0.5, 0.6) is 5.75 Å². The van der Waals surface area contributed by atoms with Crippen LogP contribution in [0.3, 0.4) is 0 Å². The second-order valence-electron chi connectivity index (χ2n) is 7.89. The van der Waals surface area contributed by atoms with E-state index in [0.717, 1.165) is 37.0 Å². The van der Waals surface area contributed by atoms with Gasteiger partial charge in [-0.1, -0.05) is 25.0 Å². The first kappa shape index (κ1) is 18.6. The zero-order chi connectivity index (χ0) is 20.8. The molecule has 2 aromatic carbocycles. The summed E-state index contributed by atoms with van der Waals surface area (Å²) in [5.74, 6) is 1.65. The third-order valence-electron chi connectivity index (χ3n) is 6.20. The molecule has 152 valence electrons. The average Bonchev–Trinajstić information content (AvgIpc) is 3.32. The Labute approximate surface area is 173 Å². The van der Waals surface area contributed by atoms with Crippen molar-refractivity contribution in [2.24, 2.45) is 7.05 Å². The molecule has 0 atom stereocenters. The molecule has 0 spiro atoms. The van der Waals surface area contributed by atoms with Crippen molar-refractivity contribution in [3.63, 3.8) is 0 Å². The maximum atomic E-state index is 13.8. The lowest BCUT2D eigenvalue weighted by Crippen LogP contribution is -2.30. The normalized spacial score (nSPS) is 14.6. The van der Waals surface area contributed by atoms with Gasteiger partial charge in [0.25, 0.3) is 5.56 Å². The first-order valence-corrected chi connectivity index (χ1v) is 10.3. The van der Waals surface area contributed by atoms with Crippen LogP contribution in [0.2, 0.25) is 0 Å². The number of ether oxygens (including phenoxy) is 1. The molecule has 6 heteroatoms. The van der Waals surface area contributed by atoms with Gasteiger partial charge in [-0.2, -0.15) is 0 Å². The van der Waals surface area contributed by atoms with E-state index in [4.69, 9.17) is 9.72 Å². The monoisotopic (exact) mass is 401 g/mol. The number of para-hydroxylation sites is 1. The molecular formula is C24H23N3O3. The lowest BCUT2D eigenvalue weighted by molar-refractivity contribution is 0.414. The predicted octanol–water partition coefficient (Wildman–Crippen LogP) is 3.90. The Bertz CT molecular complexity index is 1380. The maximum absolute atomic E-state index is 13.8. The van der Waals surface area contributed by atoms with Crippen LogP contribution < -0.4 is 15.7 Å². The van der Waals surface area contributed by atoms with Crippen molar-refractivity contribution in [3.8, 4) is 11.4 Å². The van der Waals surface area contributed by atoms with Crippen LogP contribution >= 0.6 is 0 Å². The van der Waals surface area contributed by atoms with E-state index in [-0.39, 0.29) is 22.3 Å². The molecule has 1 aliphatic carbocycles. The molecule has 30 heavy (non-hydrogen) atoms. The van der Waals surface area contributed by atoms with E-state index < -0.39 is 0 Å². The maximum Gasteiger partial charge on any atom is 0.271 e. The molecule has 1 saturated carbocycles. The highest BCUT2D eigenvalue weighted by Crippen LogP contribution is 2.34. The quantitative estimate of drug-likeness (QED) is 0.488. The fraction of sp³-hybridized carbons (Fsp3) is 0.292. The van der Waals surface area contributed by atoms with Crippen LogP contribution in [0.4, 0.5) is 0 Å². The van der Waals surface area contributed by atoms with Gasteiger partial charge in [0.1, 0.15) is 17.0 Å². The Morgan fingerprint density at radius 2 is 1.70 bits per heavy atom. The summed E-state index contributed by atoms with van der Waals surface area (Å²) in [4.78, 5) is 32.0. The lowest BCUT2D eigenvalue weighted by atomic mass is 10.1. The topological polar surface area (TPSA) is 66.1 Å². The highest BCUT2D eigenvalue weighted by molar-refractivity contribution is 5.91. The van der Waals surface area contributed by atoms with E-state index in [1.54, 1.807) is 17.7 Å². The van der Waals surface area contributed by atoms with Crippen molar-refractivity contribution in [2.45, 2.75) is 31.6 Å². The van der Waals surface area contributed by atoms with Gasteiger partial charge >= 0.3 is 0 Å². The second kappa shape index (κ2) is 7.13. The number of benzene rings is 2. The minimum atomic E-state index is -0.307. The Kier molecular flexibility index (Phi) is 4.42. The number of hydrogen-bond acceptors (Lipinski definition) is 4. The van der Waals surface area contributed by atoms with Gasteiger partial charge in [-0.3, -0.25) is 14.2 Å². The summed E-state index contributed by atoms with van der Waals surface area (Å²) in [5, 5.41) is 0.662. The molecule has 5 rings (SSSR count). The summed E-state index contributed by atoms with van der Waals surface area (Å²) in [6, 6.07) is 14.7. The molecular weight excluding hydrogens is 378 g/mol. The van der Waals surface area contributed by atoms with Gasteiger partial charge < -0.3 is 9.30 Å². The van der Waals surface area contributed by atoms with E-state index in [2.05, 4.69) is 0 Å². The largest absolute Gasteiger partial charge is 0.497 e. The summed E-state index contributed by atoms with van der Waals surface area (Å²) < 4.78 is 8.76. The zero-order valence-corrected chi connectivity index (χ0v) is 17.1. The minimum absolute atomic E-state index is 0.133. The lowest BCUT2D eigenvalue weighted by Gasteiger charge is -2.19. The van der Waals surface area contributed by atoms with Gasteiger partial charge in [-0.25, -0.2) is 4.98 Å². The number of fused-ring (bicyclic) bond motifs is 2. The number of nitrogens with zero attached hydrogens (tertiary/aromatic N) is 3. The van der Waals surface area contributed by atoms with Crippen molar-refractivity contribution < 1.29 is 4.74 Å². The third-order valence-corrected chi connectivity index (χ3v) is 6.20. The van der Waals surface area contributed by atoms with Crippen LogP contribution in [-0.2, 0) is 7.05 Å². The van der Waals surface area contributed by atoms with E-state index in [1.807, 2.05) is 54.1 Å². The molecule has 6 nitrogen and oxygen atoms in total. The van der Waals surface area contributed by atoms with Gasteiger partial charge in [0.05, 0.1) is 18.3 Å². The van der Waals surface area contributed by atoms with Crippen molar-refractivity contribution in [2.75, 3.05) is 7.11 Å². The average molecular weight is 401 g/mol. The number of aryl methyl sites for hydroxylation is 1. The van der Waals surface area contributed by atoms with E-state index in [0.29, 0.717) is 22.5 Å². The molecule has 0 bridgehead atoms. The molecule has 4 aromatic rings. The van der Waals surface area contributed by atoms with Gasteiger partial charge in [0.15, 0.2) is 5.65 Å². The van der Waals surface area contributed by atoms with Crippen LogP contribution in [0.25, 0.3) is 27.6 Å². The highest BCUT2D eigenvalue weighted by atomic mass is 16.5. The van der Waals surface area contributed by atoms with Crippen LogP contribution in [-0.4, -0.2) is 21.2 Å². The number of rotatable bonds is 3. The third kappa shape index (κ3) is 2.75. The minimum Gasteiger partial charge on any atom is -0.497 e. The van der Waals surface area contributed by atoms with Crippen LogP contribution in [0, 0.1) is 0 Å². The van der Waals surface area contributed by atoms with E-state index >= 15 is 0 Å². The molecule has 0 saturated heterocycles. The smallest absolute Gasteiger partial charge is 0.271 e. The Hall–Kier alpha value is -3.41. The molecule has 0 aliphatic heterocycles. The predicted molar refractivity (Wildman–Crippen MR) is 118 cm³/mol. The zero-order valence-electron chi connectivity index (χ0n) is 17.1. The van der Waals surface area contributed by atoms with Crippen molar-refractivity contribution in [1.82, 2.24) is 14.1 Å². The number of methoxy groups -OCH3 is 1. The fourth-order valence-corrected chi connectivity index (χ4v) is 4.61. The van der Waals surface area contributed by atoms with Gasteiger partial charge in [0, 0.05) is 18.4 Å². The molecule has 0 amide bonds. The number of hydrogen-bond donors (Lipinski definition) is 0. The standard InChI is InChI=1S/C24H23N3O3/c1-26-19-10-6-5-9-18(19)21(28)20-23(26)25-22(15-7-3-4-8-15)27(24(20)29)16-11-13-17(30-2)14-12-16/h5-6,9-15H,3-4,7-8H2,1-2H3. The highest BCUT2D eigenvalue weighted by Gasteiger charge is 2.26. The molecule has 2 aromatic heterocycles. The van der Waals surface area contributed by atoms with Crippen molar-refractivity contribution >= 4 is 21.9 Å². The number of aromatic nitrogens is 3. The first-order valence-electron chi connectivity index (χ1n) is 10.3. The SMILES string of the molecule is COc1ccc(-n2c(C3CCCC3)nc3c(c(=O)c4ccccc4n3C)c2=O)cc1. The molecule has 0 N–H and O–H groups in total. The fourth-order valence-electron chi connectivity index (χ4n) is 4.61. The summed E-state index contributed by atoms with van der Waals surface area (Å²) in [5.41, 5.74) is 1.36. The second-order valence-corrected chi connectivity index (χ2v) is 7.89. The van der Waals surface area contributed by atoms with E-state index in [9.17, 15) is 9.59 Å². The number of pyridine rings is 1. The summed E-state index contributed by atoms with van der Waals surface area (Å²) in [7, 11) is 3.48. The molecule has 0 unspecified atom stereocenters. The molecule has 1 fully saturated rings. The first-order chi connectivity index (χ1) is 14.6. The Morgan fingerprint density at radius 3 is 2.40 bits per heavy atom. The van der Waals surface area contributed by atoms with Gasteiger partial charge in [0.2, 0.25) is 5.43 Å². The van der Waals surface area contributed by atoms with Crippen molar-refractivity contribution in [1.29, 1.82) is 0 Å². The van der Waals surface area contributed by atoms with Crippen LogP contribution in [0.15, 0.2) is 58.1 Å². The van der Waals surface area contributed by atoms with Gasteiger partial charge in [-0.15, -0.1) is 0 Å². The van der Waals surface area contributed by atoms with Crippen LogP contribution in [0.1, 0.15) is 37.4 Å². The summed E-state index contributed by atoms with van der Waals surface area (Å²) in [6.45, 7) is 0. The van der Waals surface area contributed by atoms with E-state index in [1.165, 1.54) is 0 Å². The van der Waals surface area contributed by atoms with Crippen molar-refractivity contribution in [3.05, 3.63) is 74.9 Å². The molecule has 1 aliphatic rings.